The number of benzene rings is 1. The number of hydrogen-bond donors (Lipinski definition) is 1. The molecule has 1 saturated heterocycles. The summed E-state index contributed by atoms with van der Waals surface area (Å²) >= 11 is 0. The predicted molar refractivity (Wildman–Crippen MR) is 63.8 cm³/mol. The van der Waals surface area contributed by atoms with E-state index < -0.39 is 11.6 Å². The van der Waals surface area contributed by atoms with Crippen LogP contribution in [0.15, 0.2) is 18.2 Å². The van der Waals surface area contributed by atoms with Gasteiger partial charge in [-0.2, -0.15) is 5.26 Å². The summed E-state index contributed by atoms with van der Waals surface area (Å²) in [5, 5.41) is 12.1. The molecule has 0 amide bonds. The number of halogens is 2. The zero-order valence-electron chi connectivity index (χ0n) is 10.00. The van der Waals surface area contributed by atoms with Gasteiger partial charge in [0.2, 0.25) is 0 Å². The molecule has 1 aliphatic rings. The average molecular weight is 251 g/mol. The zero-order valence-corrected chi connectivity index (χ0v) is 10.00. The largest absolute Gasteiger partial charge is 0.314 e. The summed E-state index contributed by atoms with van der Waals surface area (Å²) in [4.78, 5) is 2.07. The van der Waals surface area contributed by atoms with Gasteiger partial charge in [0.15, 0.2) is 0 Å². The van der Waals surface area contributed by atoms with Gasteiger partial charge < -0.3 is 5.32 Å². The van der Waals surface area contributed by atoms with Gasteiger partial charge in [-0.15, -0.1) is 0 Å². The topological polar surface area (TPSA) is 39.1 Å². The average Bonchev–Trinajstić information content (AvgIpc) is 2.38. The number of rotatable bonds is 3. The van der Waals surface area contributed by atoms with E-state index >= 15 is 0 Å². The van der Waals surface area contributed by atoms with Crippen LogP contribution in [0.2, 0.25) is 0 Å². The Labute approximate surface area is 105 Å². The number of hydrogen-bond acceptors (Lipinski definition) is 3. The predicted octanol–water partition coefficient (Wildman–Crippen LogP) is 1.82. The molecule has 1 aromatic rings. The summed E-state index contributed by atoms with van der Waals surface area (Å²) in [6.07, 6.45) is 0.211. The van der Waals surface area contributed by atoms with E-state index in [0.717, 1.165) is 32.2 Å². The monoisotopic (exact) mass is 251 g/mol. The minimum absolute atomic E-state index is 0.211. The SMILES string of the molecule is N#CC[C@@H](c1ccc(F)cc1F)N1CCNCC1. The molecule has 1 fully saturated rings. The Bertz CT molecular complexity index is 450. The van der Waals surface area contributed by atoms with Crippen molar-refractivity contribution in [2.45, 2.75) is 12.5 Å². The molecule has 0 spiro atoms. The molecule has 0 saturated carbocycles. The Morgan fingerprint density at radius 3 is 2.67 bits per heavy atom. The second-order valence-electron chi connectivity index (χ2n) is 4.33. The lowest BCUT2D eigenvalue weighted by atomic mass is 10.0. The first kappa shape index (κ1) is 12.9. The molecule has 1 aromatic carbocycles. The molecule has 1 aliphatic heterocycles. The Morgan fingerprint density at radius 2 is 2.06 bits per heavy atom. The molecule has 2 rings (SSSR count). The van der Waals surface area contributed by atoms with E-state index in [4.69, 9.17) is 5.26 Å². The molecule has 0 aromatic heterocycles. The fourth-order valence-electron chi connectivity index (χ4n) is 2.29. The van der Waals surface area contributed by atoms with Gasteiger partial charge >= 0.3 is 0 Å². The third-order valence-corrected chi connectivity index (χ3v) is 3.20. The van der Waals surface area contributed by atoms with Crippen LogP contribution >= 0.6 is 0 Å². The van der Waals surface area contributed by atoms with Crippen LogP contribution in [0, 0.1) is 23.0 Å². The van der Waals surface area contributed by atoms with Crippen molar-refractivity contribution in [3.05, 3.63) is 35.4 Å². The highest BCUT2D eigenvalue weighted by Crippen LogP contribution is 2.27. The fourth-order valence-corrected chi connectivity index (χ4v) is 2.29. The zero-order chi connectivity index (χ0) is 13.0. The van der Waals surface area contributed by atoms with E-state index in [-0.39, 0.29) is 12.5 Å². The van der Waals surface area contributed by atoms with Crippen molar-refractivity contribution in [1.82, 2.24) is 10.2 Å². The maximum Gasteiger partial charge on any atom is 0.130 e. The van der Waals surface area contributed by atoms with Gasteiger partial charge in [0.25, 0.3) is 0 Å². The van der Waals surface area contributed by atoms with Crippen LogP contribution in [0.4, 0.5) is 8.78 Å². The van der Waals surface area contributed by atoms with Crippen molar-refractivity contribution in [2.24, 2.45) is 0 Å². The molecule has 1 N–H and O–H groups in total. The van der Waals surface area contributed by atoms with Gasteiger partial charge in [0.05, 0.1) is 18.5 Å². The Morgan fingerprint density at radius 1 is 1.33 bits per heavy atom. The smallest absolute Gasteiger partial charge is 0.130 e. The van der Waals surface area contributed by atoms with Crippen molar-refractivity contribution in [2.75, 3.05) is 26.2 Å². The van der Waals surface area contributed by atoms with Crippen LogP contribution in [-0.4, -0.2) is 31.1 Å². The molecule has 0 aliphatic carbocycles. The summed E-state index contributed by atoms with van der Waals surface area (Å²) in [6, 6.07) is 5.35. The maximum atomic E-state index is 13.8. The molecular weight excluding hydrogens is 236 g/mol. The third kappa shape index (κ3) is 2.84. The highest BCUT2D eigenvalue weighted by Gasteiger charge is 2.24. The summed E-state index contributed by atoms with van der Waals surface area (Å²) in [5.41, 5.74) is 0.403. The van der Waals surface area contributed by atoms with Gasteiger partial charge in [-0.1, -0.05) is 6.07 Å². The van der Waals surface area contributed by atoms with Crippen LogP contribution in [0.1, 0.15) is 18.0 Å². The van der Waals surface area contributed by atoms with E-state index in [2.05, 4.69) is 16.3 Å². The lowest BCUT2D eigenvalue weighted by Crippen LogP contribution is -2.45. The van der Waals surface area contributed by atoms with Crippen molar-refractivity contribution in [3.63, 3.8) is 0 Å². The maximum absolute atomic E-state index is 13.8. The highest BCUT2D eigenvalue weighted by atomic mass is 19.1. The summed E-state index contributed by atoms with van der Waals surface area (Å²) in [6.45, 7) is 3.18. The van der Waals surface area contributed by atoms with Crippen molar-refractivity contribution in [3.8, 4) is 6.07 Å². The van der Waals surface area contributed by atoms with Crippen LogP contribution in [0.25, 0.3) is 0 Å². The molecule has 96 valence electrons. The van der Waals surface area contributed by atoms with E-state index in [9.17, 15) is 8.78 Å². The van der Waals surface area contributed by atoms with Crippen LogP contribution in [0.5, 0.6) is 0 Å². The normalized spacial score (nSPS) is 18.3. The quantitative estimate of drug-likeness (QED) is 0.890. The van der Waals surface area contributed by atoms with Gasteiger partial charge in [-0.3, -0.25) is 4.90 Å². The first-order chi connectivity index (χ1) is 8.72. The third-order valence-electron chi connectivity index (χ3n) is 3.20. The minimum Gasteiger partial charge on any atom is -0.314 e. The molecular formula is C13H15F2N3. The van der Waals surface area contributed by atoms with Gasteiger partial charge in [0, 0.05) is 37.8 Å². The Balaban J connectivity index is 2.25. The van der Waals surface area contributed by atoms with Crippen LogP contribution < -0.4 is 5.32 Å². The molecule has 5 heteroatoms. The number of piperazine rings is 1. The first-order valence-electron chi connectivity index (χ1n) is 5.99. The standard InChI is InChI=1S/C13H15F2N3/c14-10-1-2-11(12(15)9-10)13(3-4-16)18-7-5-17-6-8-18/h1-2,9,13,17H,3,5-8H2/t13-/m0/s1. The molecule has 0 radical (unpaired) electrons. The lowest BCUT2D eigenvalue weighted by Gasteiger charge is -2.34. The molecule has 18 heavy (non-hydrogen) atoms. The second kappa shape index (κ2) is 5.89. The first-order valence-corrected chi connectivity index (χ1v) is 5.99. The number of nitrogens with one attached hydrogen (secondary N) is 1. The minimum atomic E-state index is -0.590. The molecule has 0 unspecified atom stereocenters. The molecule has 1 heterocycles. The highest BCUT2D eigenvalue weighted by molar-refractivity contribution is 5.23. The Kier molecular flexibility index (Phi) is 4.24. The number of nitrogens with zero attached hydrogens (tertiary/aromatic N) is 2. The van der Waals surface area contributed by atoms with Crippen molar-refractivity contribution < 1.29 is 8.78 Å². The van der Waals surface area contributed by atoms with E-state index in [1.807, 2.05) is 0 Å². The van der Waals surface area contributed by atoms with E-state index in [1.54, 1.807) is 0 Å². The van der Waals surface area contributed by atoms with E-state index in [0.29, 0.717) is 5.56 Å². The van der Waals surface area contributed by atoms with E-state index in [1.165, 1.54) is 12.1 Å². The van der Waals surface area contributed by atoms with Crippen LogP contribution in [-0.2, 0) is 0 Å². The summed E-state index contributed by atoms with van der Waals surface area (Å²) < 4.78 is 26.7. The van der Waals surface area contributed by atoms with Gasteiger partial charge in [0.1, 0.15) is 11.6 Å². The summed E-state index contributed by atoms with van der Waals surface area (Å²) in [7, 11) is 0. The number of nitriles is 1. The second-order valence-corrected chi connectivity index (χ2v) is 4.33. The Hall–Kier alpha value is -1.51. The summed E-state index contributed by atoms with van der Waals surface area (Å²) in [5.74, 6) is -1.17. The lowest BCUT2D eigenvalue weighted by molar-refractivity contribution is 0.172. The van der Waals surface area contributed by atoms with Crippen LogP contribution in [0.3, 0.4) is 0 Å². The van der Waals surface area contributed by atoms with Gasteiger partial charge in [-0.25, -0.2) is 8.78 Å². The van der Waals surface area contributed by atoms with Gasteiger partial charge in [-0.05, 0) is 6.07 Å². The molecule has 0 bridgehead atoms. The molecule has 3 nitrogen and oxygen atoms in total. The fraction of sp³-hybridized carbons (Fsp3) is 0.462. The van der Waals surface area contributed by atoms with Crippen molar-refractivity contribution >= 4 is 0 Å². The van der Waals surface area contributed by atoms with Crippen molar-refractivity contribution in [1.29, 1.82) is 5.26 Å². The molecule has 1 atom stereocenters.